The van der Waals surface area contributed by atoms with Crippen molar-refractivity contribution in [3.8, 4) is 12.1 Å². The molecule has 2 aliphatic heterocycles. The van der Waals surface area contributed by atoms with Crippen LogP contribution in [0.1, 0.15) is 18.4 Å². The summed E-state index contributed by atoms with van der Waals surface area (Å²) in [5.74, 6) is -2.27. The monoisotopic (exact) mass is 374 g/mol. The second-order valence-electron chi connectivity index (χ2n) is 6.64. The van der Waals surface area contributed by atoms with Crippen LogP contribution in [0.25, 0.3) is 0 Å². The van der Waals surface area contributed by atoms with Gasteiger partial charge in [-0.1, -0.05) is 17.7 Å². The second-order valence-corrected chi connectivity index (χ2v) is 7.04. The Hall–Kier alpha value is -2.72. The average Bonchev–Trinajstić information content (AvgIpc) is 2.99. The van der Waals surface area contributed by atoms with Crippen molar-refractivity contribution >= 4 is 23.1 Å². The maximum atomic E-state index is 11.2. The number of hydrogen-bond acceptors (Lipinski definition) is 7. The zero-order chi connectivity index (χ0) is 18.9. The Morgan fingerprint density at radius 1 is 1.46 bits per heavy atom. The van der Waals surface area contributed by atoms with E-state index in [0.29, 0.717) is 5.56 Å². The van der Waals surface area contributed by atoms with Crippen LogP contribution in [0.2, 0.25) is 5.02 Å². The zero-order valence-corrected chi connectivity index (χ0v) is 14.3. The van der Waals surface area contributed by atoms with Crippen molar-refractivity contribution in [2.24, 2.45) is 16.6 Å². The highest BCUT2D eigenvalue weighted by Gasteiger charge is 2.97. The van der Waals surface area contributed by atoms with Gasteiger partial charge in [-0.25, -0.2) is 4.99 Å². The molecule has 1 aromatic rings. The van der Waals surface area contributed by atoms with Gasteiger partial charge in [-0.3, -0.25) is 15.8 Å². The number of rotatable bonds is 2. The predicted octanol–water partition coefficient (Wildman–Crippen LogP) is -0.0941. The van der Waals surface area contributed by atoms with Gasteiger partial charge in [0.1, 0.15) is 5.02 Å². The number of nitrogens with zero attached hydrogens (tertiary/aromatic N) is 3. The van der Waals surface area contributed by atoms with Crippen molar-refractivity contribution < 1.29 is 19.4 Å². The van der Waals surface area contributed by atoms with Gasteiger partial charge in [-0.05, 0) is 18.6 Å². The molecular formula is C16H13ClN5O4+. The largest absolute Gasteiger partial charge is 0.343 e. The number of nitro benzene ring substituents is 1. The smallest absolute Gasteiger partial charge is 0.311 e. The van der Waals surface area contributed by atoms with Crippen LogP contribution in [0.5, 0.6) is 0 Å². The molecule has 9 nitrogen and oxygen atoms in total. The van der Waals surface area contributed by atoms with E-state index in [1.807, 2.05) is 0 Å². The summed E-state index contributed by atoms with van der Waals surface area (Å²) >= 11 is 5.88. The molecule has 132 valence electrons. The molecule has 2 fully saturated rings. The minimum absolute atomic E-state index is 0.0339. The average molecular weight is 375 g/mol. The lowest BCUT2D eigenvalue weighted by molar-refractivity contribution is -0.677. The van der Waals surface area contributed by atoms with Gasteiger partial charge in [0.15, 0.2) is 10.8 Å². The molecule has 5 atom stereocenters. The van der Waals surface area contributed by atoms with E-state index >= 15 is 0 Å². The number of fused-ring (bicyclic) bond motifs is 2. The molecule has 2 heterocycles. The molecule has 10 heteroatoms. The van der Waals surface area contributed by atoms with Crippen LogP contribution < -0.4 is 10.7 Å². The van der Waals surface area contributed by atoms with Crippen molar-refractivity contribution in [1.29, 1.82) is 10.5 Å². The van der Waals surface area contributed by atoms with Gasteiger partial charge in [0.2, 0.25) is 0 Å². The van der Waals surface area contributed by atoms with Gasteiger partial charge in [-0.2, -0.15) is 10.5 Å². The standard InChI is InChI=1S/C16H12ClN5O4/c1-8-5-25-16(26-8)15(7-19)12(14(15,6-18)13(20)21-16)9-2-3-10(17)11(4-9)22(23)24/h2-4,8,12H,5H2,1H3,(H2,20,21)/p+1/t8-,12+,14+,15+,16-/m0/s1. The molecule has 0 amide bonds. The normalized spacial score (nSPS) is 39.8. The molecule has 0 bridgehead atoms. The van der Waals surface area contributed by atoms with Gasteiger partial charge < -0.3 is 9.47 Å². The number of nitro groups is 1. The van der Waals surface area contributed by atoms with Gasteiger partial charge in [0.25, 0.3) is 11.5 Å². The molecule has 0 aromatic heterocycles. The Bertz CT molecular complexity index is 968. The molecule has 1 saturated heterocycles. The second kappa shape index (κ2) is 4.92. The minimum Gasteiger partial charge on any atom is -0.311 e. The topological polar surface area (TPSA) is 149 Å². The van der Waals surface area contributed by atoms with Crippen LogP contribution in [0, 0.1) is 43.6 Å². The van der Waals surface area contributed by atoms with Crippen LogP contribution >= 0.6 is 11.6 Å². The number of amidine groups is 1. The van der Waals surface area contributed by atoms with E-state index in [1.54, 1.807) is 13.0 Å². The molecule has 4 rings (SSSR count). The number of benzene rings is 1. The lowest BCUT2D eigenvalue weighted by Gasteiger charge is -2.23. The molecule has 1 saturated carbocycles. The SMILES string of the molecule is C[C@H]1CO[C@]2([NH+]=C(N)[C@@]3(C#N)[C@@H](c4ccc(Cl)c([N+](=O)[O-])c4)[C@@]23C#N)O1. The van der Waals surface area contributed by atoms with Crippen molar-refractivity contribution in [2.45, 2.75) is 24.9 Å². The predicted molar refractivity (Wildman–Crippen MR) is 86.3 cm³/mol. The number of hydrogen-bond donors (Lipinski definition) is 2. The van der Waals surface area contributed by atoms with E-state index in [2.05, 4.69) is 17.1 Å². The maximum Gasteiger partial charge on any atom is 0.343 e. The van der Waals surface area contributed by atoms with Crippen molar-refractivity contribution in [3.05, 3.63) is 38.9 Å². The van der Waals surface area contributed by atoms with E-state index in [9.17, 15) is 20.6 Å². The maximum absolute atomic E-state index is 11.2. The van der Waals surface area contributed by atoms with Crippen LogP contribution in [0.15, 0.2) is 18.2 Å². The van der Waals surface area contributed by atoms with Crippen molar-refractivity contribution in [3.63, 3.8) is 0 Å². The molecule has 1 aliphatic carbocycles. The first-order valence-corrected chi connectivity index (χ1v) is 8.16. The Morgan fingerprint density at radius 2 is 2.19 bits per heavy atom. The summed E-state index contributed by atoms with van der Waals surface area (Å²) in [5, 5.41) is 31.1. The van der Waals surface area contributed by atoms with E-state index in [4.69, 9.17) is 26.8 Å². The number of halogens is 1. The lowest BCUT2D eigenvalue weighted by Crippen LogP contribution is -2.90. The fourth-order valence-corrected chi connectivity index (χ4v) is 4.50. The summed E-state index contributed by atoms with van der Waals surface area (Å²) in [6.07, 6.45) is -0.309. The van der Waals surface area contributed by atoms with Crippen molar-refractivity contribution in [2.75, 3.05) is 6.61 Å². The summed E-state index contributed by atoms with van der Waals surface area (Å²) in [5.41, 5.74) is 3.30. The minimum atomic E-state index is -1.57. The number of nitrogens with one attached hydrogen (secondary N) is 1. The summed E-state index contributed by atoms with van der Waals surface area (Å²) in [6, 6.07) is 8.47. The van der Waals surface area contributed by atoms with Crippen LogP contribution in [-0.2, 0) is 9.47 Å². The summed E-state index contributed by atoms with van der Waals surface area (Å²) in [7, 11) is 0. The highest BCUT2D eigenvalue weighted by atomic mass is 35.5. The van der Waals surface area contributed by atoms with Crippen LogP contribution in [0.3, 0.4) is 0 Å². The molecule has 0 radical (unpaired) electrons. The Balaban J connectivity index is 1.91. The third-order valence-corrected chi connectivity index (χ3v) is 5.71. The van der Waals surface area contributed by atoms with E-state index in [1.165, 1.54) is 12.1 Å². The molecular weight excluding hydrogens is 362 g/mol. The van der Waals surface area contributed by atoms with Crippen LogP contribution in [-0.4, -0.2) is 29.4 Å². The van der Waals surface area contributed by atoms with Crippen LogP contribution in [0.4, 0.5) is 5.69 Å². The molecule has 3 aliphatic rings. The Morgan fingerprint density at radius 3 is 2.73 bits per heavy atom. The summed E-state index contributed by atoms with van der Waals surface area (Å²) in [6.45, 7) is 1.99. The third kappa shape index (κ3) is 1.59. The number of nitriles is 2. The number of ether oxygens (including phenoxy) is 2. The first-order valence-electron chi connectivity index (χ1n) is 7.79. The third-order valence-electron chi connectivity index (χ3n) is 5.39. The molecule has 1 aromatic carbocycles. The summed E-state index contributed by atoms with van der Waals surface area (Å²) in [4.78, 5) is 13.4. The fourth-order valence-electron chi connectivity index (χ4n) is 4.31. The first kappa shape index (κ1) is 16.7. The van der Waals surface area contributed by atoms with Gasteiger partial charge in [0, 0.05) is 12.0 Å². The number of nitrogens with two attached hydrogens (primary N) is 1. The summed E-state index contributed by atoms with van der Waals surface area (Å²) < 4.78 is 11.6. The Labute approximate surface area is 152 Å². The molecule has 3 N–H and O–H groups in total. The van der Waals surface area contributed by atoms with E-state index in [-0.39, 0.29) is 29.3 Å². The fraction of sp³-hybridized carbons (Fsp3) is 0.438. The van der Waals surface area contributed by atoms with E-state index < -0.39 is 27.6 Å². The lowest BCUT2D eigenvalue weighted by atomic mass is 9.94. The quantitative estimate of drug-likeness (QED) is 0.542. The Kier molecular flexibility index (Phi) is 3.17. The highest BCUT2D eigenvalue weighted by Crippen LogP contribution is 2.79. The highest BCUT2D eigenvalue weighted by molar-refractivity contribution is 6.32. The van der Waals surface area contributed by atoms with Crippen molar-refractivity contribution in [1.82, 2.24) is 0 Å². The zero-order valence-electron chi connectivity index (χ0n) is 13.5. The van der Waals surface area contributed by atoms with Gasteiger partial charge in [0.05, 0.1) is 29.8 Å². The first-order chi connectivity index (χ1) is 12.3. The van der Waals surface area contributed by atoms with Gasteiger partial charge >= 0.3 is 5.91 Å². The molecule has 1 spiro atoms. The molecule has 0 unspecified atom stereocenters. The molecule has 26 heavy (non-hydrogen) atoms. The van der Waals surface area contributed by atoms with Gasteiger partial charge in [-0.15, -0.1) is 0 Å². The van der Waals surface area contributed by atoms with E-state index in [0.717, 1.165) is 0 Å².